The first kappa shape index (κ1) is 15.7. The van der Waals surface area contributed by atoms with Crippen molar-refractivity contribution < 1.29 is 21.6 Å². The second-order valence-corrected chi connectivity index (χ2v) is 6.19. The molecule has 2 N–H and O–H groups in total. The summed E-state index contributed by atoms with van der Waals surface area (Å²) in [4.78, 5) is 3.31. The highest BCUT2D eigenvalue weighted by Gasteiger charge is 2.33. The molecule has 0 saturated carbocycles. The van der Waals surface area contributed by atoms with Crippen LogP contribution in [0.25, 0.3) is 0 Å². The molecule has 0 bridgehead atoms. The van der Waals surface area contributed by atoms with Crippen molar-refractivity contribution in [3.8, 4) is 6.07 Å². The van der Waals surface area contributed by atoms with Crippen molar-refractivity contribution in [2.45, 2.75) is 11.2 Å². The van der Waals surface area contributed by atoms with Crippen LogP contribution in [0.3, 0.4) is 0 Å². The predicted molar refractivity (Wildman–Crippen MR) is 62.7 cm³/mol. The maximum atomic E-state index is 12.4. The Balaban J connectivity index is 2.95. The van der Waals surface area contributed by atoms with Gasteiger partial charge < -0.3 is 0 Å². The largest absolute Gasteiger partial charge is 0.433 e. The lowest BCUT2D eigenvalue weighted by molar-refractivity contribution is -0.141. The van der Waals surface area contributed by atoms with Gasteiger partial charge in [-0.05, 0) is 12.1 Å². The molecule has 0 spiro atoms. The fraction of sp³-hybridized carbons (Fsp3) is 0.333. The number of primary sulfonamides is 1. The Morgan fingerprint density at radius 1 is 1.42 bits per heavy atom. The second-order valence-electron chi connectivity index (χ2n) is 3.37. The molecule has 1 aromatic heterocycles. The number of alkyl halides is 3. The van der Waals surface area contributed by atoms with Crippen LogP contribution in [0.15, 0.2) is 17.2 Å². The molecule has 10 heteroatoms. The highest BCUT2D eigenvalue weighted by molar-refractivity contribution is 8.00. The number of nitrogens with zero attached hydrogens (tertiary/aromatic N) is 2. The van der Waals surface area contributed by atoms with Crippen LogP contribution in [0.5, 0.6) is 0 Å². The summed E-state index contributed by atoms with van der Waals surface area (Å²) in [5, 5.41) is 13.3. The van der Waals surface area contributed by atoms with Gasteiger partial charge in [-0.3, -0.25) is 0 Å². The molecule has 104 valence electrons. The van der Waals surface area contributed by atoms with E-state index in [9.17, 15) is 21.6 Å². The van der Waals surface area contributed by atoms with Crippen molar-refractivity contribution in [1.29, 1.82) is 5.26 Å². The first-order chi connectivity index (χ1) is 8.63. The van der Waals surface area contributed by atoms with Crippen molar-refractivity contribution in [2.24, 2.45) is 5.14 Å². The summed E-state index contributed by atoms with van der Waals surface area (Å²) in [7, 11) is -3.71. The van der Waals surface area contributed by atoms with Gasteiger partial charge in [-0.1, -0.05) is 0 Å². The van der Waals surface area contributed by atoms with E-state index in [4.69, 9.17) is 10.4 Å². The molecule has 0 aliphatic carbocycles. The third kappa shape index (κ3) is 5.06. The predicted octanol–water partition coefficient (Wildman–Crippen LogP) is 1.35. The van der Waals surface area contributed by atoms with Gasteiger partial charge in [-0.15, -0.1) is 11.8 Å². The third-order valence-electron chi connectivity index (χ3n) is 1.88. The maximum absolute atomic E-state index is 12.4. The molecule has 0 fully saturated rings. The van der Waals surface area contributed by atoms with E-state index in [1.165, 1.54) is 0 Å². The Kier molecular flexibility index (Phi) is 4.78. The molecular weight excluding hydrogens is 303 g/mol. The van der Waals surface area contributed by atoms with Gasteiger partial charge in [0.25, 0.3) is 0 Å². The molecule has 0 atom stereocenters. The summed E-state index contributed by atoms with van der Waals surface area (Å²) in [6.07, 6.45) is -4.62. The van der Waals surface area contributed by atoms with Crippen molar-refractivity contribution in [3.63, 3.8) is 0 Å². The Morgan fingerprint density at radius 3 is 2.53 bits per heavy atom. The molecule has 0 radical (unpaired) electrons. The summed E-state index contributed by atoms with van der Waals surface area (Å²) in [5.74, 6) is -0.498. The first-order valence-electron chi connectivity index (χ1n) is 4.75. The van der Waals surface area contributed by atoms with Gasteiger partial charge in [0.2, 0.25) is 10.0 Å². The summed E-state index contributed by atoms with van der Waals surface area (Å²) >= 11 is 0.736. The van der Waals surface area contributed by atoms with Crippen molar-refractivity contribution in [3.05, 3.63) is 23.4 Å². The van der Waals surface area contributed by atoms with E-state index < -0.39 is 27.6 Å². The van der Waals surface area contributed by atoms with Crippen LogP contribution in [0.2, 0.25) is 0 Å². The smallest absolute Gasteiger partial charge is 0.236 e. The number of rotatable bonds is 4. The zero-order chi connectivity index (χ0) is 14.7. The summed E-state index contributed by atoms with van der Waals surface area (Å²) in [6.45, 7) is 0. The molecule has 0 amide bonds. The number of hydrogen-bond donors (Lipinski definition) is 1. The van der Waals surface area contributed by atoms with Crippen LogP contribution in [0, 0.1) is 11.3 Å². The fourth-order valence-corrected chi connectivity index (χ4v) is 2.94. The van der Waals surface area contributed by atoms with Crippen LogP contribution >= 0.6 is 11.8 Å². The van der Waals surface area contributed by atoms with E-state index in [-0.39, 0.29) is 16.3 Å². The van der Waals surface area contributed by atoms with Crippen molar-refractivity contribution in [2.75, 3.05) is 11.5 Å². The van der Waals surface area contributed by atoms with Crippen LogP contribution in [-0.4, -0.2) is 24.9 Å². The number of aromatic nitrogens is 1. The number of sulfonamides is 1. The van der Waals surface area contributed by atoms with Gasteiger partial charge in [0.1, 0.15) is 16.8 Å². The SMILES string of the molecule is N#Cc1ccc(C(F)(F)F)nc1SCCS(N)(=O)=O. The second kappa shape index (κ2) is 5.77. The molecule has 1 aromatic rings. The lowest BCUT2D eigenvalue weighted by atomic mass is 10.2. The third-order valence-corrected chi connectivity index (χ3v) is 3.90. The van der Waals surface area contributed by atoms with Gasteiger partial charge in [0, 0.05) is 5.75 Å². The zero-order valence-electron chi connectivity index (χ0n) is 9.31. The average Bonchev–Trinajstić information content (AvgIpc) is 2.26. The summed E-state index contributed by atoms with van der Waals surface area (Å²) in [6, 6.07) is 3.38. The number of thioether (sulfide) groups is 1. The minimum atomic E-state index is -4.62. The van der Waals surface area contributed by atoms with Gasteiger partial charge in [-0.2, -0.15) is 18.4 Å². The monoisotopic (exact) mass is 311 g/mol. The number of pyridine rings is 1. The van der Waals surface area contributed by atoms with Crippen LogP contribution < -0.4 is 5.14 Å². The van der Waals surface area contributed by atoms with E-state index >= 15 is 0 Å². The van der Waals surface area contributed by atoms with E-state index in [1.54, 1.807) is 6.07 Å². The molecule has 0 saturated heterocycles. The molecule has 19 heavy (non-hydrogen) atoms. The number of nitriles is 1. The molecule has 0 aromatic carbocycles. The molecule has 1 heterocycles. The lowest BCUT2D eigenvalue weighted by Crippen LogP contribution is -2.18. The fourth-order valence-electron chi connectivity index (χ4n) is 1.05. The Bertz CT molecular complexity index is 608. The van der Waals surface area contributed by atoms with Gasteiger partial charge in [-0.25, -0.2) is 18.5 Å². The van der Waals surface area contributed by atoms with Gasteiger partial charge >= 0.3 is 6.18 Å². The number of halogens is 3. The Morgan fingerprint density at radius 2 is 2.05 bits per heavy atom. The quantitative estimate of drug-likeness (QED) is 0.847. The van der Waals surface area contributed by atoms with Crippen molar-refractivity contribution >= 4 is 21.8 Å². The minimum absolute atomic E-state index is 0.0487. The maximum Gasteiger partial charge on any atom is 0.433 e. The highest BCUT2D eigenvalue weighted by Crippen LogP contribution is 2.30. The summed E-state index contributed by atoms with van der Waals surface area (Å²) < 4.78 is 58.7. The van der Waals surface area contributed by atoms with Crippen LogP contribution in [0.4, 0.5) is 13.2 Å². The molecular formula is C9H8F3N3O2S2. The van der Waals surface area contributed by atoms with E-state index in [2.05, 4.69) is 4.98 Å². The highest BCUT2D eigenvalue weighted by atomic mass is 32.2. The lowest BCUT2D eigenvalue weighted by Gasteiger charge is -2.08. The molecule has 1 rings (SSSR count). The topological polar surface area (TPSA) is 96.8 Å². The Hall–Kier alpha value is -1.31. The zero-order valence-corrected chi connectivity index (χ0v) is 10.9. The van der Waals surface area contributed by atoms with E-state index in [0.29, 0.717) is 6.07 Å². The van der Waals surface area contributed by atoms with E-state index in [0.717, 1.165) is 17.8 Å². The van der Waals surface area contributed by atoms with Crippen molar-refractivity contribution in [1.82, 2.24) is 4.98 Å². The minimum Gasteiger partial charge on any atom is -0.236 e. The van der Waals surface area contributed by atoms with Crippen LogP contribution in [0.1, 0.15) is 11.3 Å². The standard InChI is InChI=1S/C9H8F3N3O2S2/c10-9(11,12)7-2-1-6(5-13)8(15-7)18-3-4-19(14,16)17/h1-2H,3-4H2,(H2,14,16,17). The van der Waals surface area contributed by atoms with Gasteiger partial charge in [0.05, 0.1) is 11.3 Å². The van der Waals surface area contributed by atoms with Gasteiger partial charge in [0.15, 0.2) is 0 Å². The van der Waals surface area contributed by atoms with E-state index in [1.807, 2.05) is 0 Å². The first-order valence-corrected chi connectivity index (χ1v) is 7.45. The molecule has 0 aliphatic heterocycles. The number of nitrogens with two attached hydrogens (primary N) is 1. The number of hydrogen-bond acceptors (Lipinski definition) is 5. The van der Waals surface area contributed by atoms with Crippen LogP contribution in [-0.2, 0) is 16.2 Å². The summed E-state index contributed by atoms with van der Waals surface area (Å²) in [5.41, 5.74) is -1.18. The Labute approximate surface area is 111 Å². The molecule has 0 aliphatic rings. The molecule has 5 nitrogen and oxygen atoms in total. The normalized spacial score (nSPS) is 12.2. The average molecular weight is 311 g/mol. The molecule has 0 unspecified atom stereocenters.